The monoisotopic (exact) mass is 1000 g/mol. The van der Waals surface area contributed by atoms with Crippen LogP contribution in [0, 0.1) is 0 Å². The molecule has 9 atom stereocenters. The van der Waals surface area contributed by atoms with Crippen LogP contribution in [-0.2, 0) is 41.8 Å². The molecule has 1 fully saturated rings. The van der Waals surface area contributed by atoms with Gasteiger partial charge in [0.1, 0.15) is 43.2 Å². The van der Waals surface area contributed by atoms with Crippen LogP contribution in [0.15, 0.2) is 85.1 Å². The van der Waals surface area contributed by atoms with E-state index in [0.29, 0.717) is 32.1 Å². The number of phosphoric acid groups is 2. The van der Waals surface area contributed by atoms with Gasteiger partial charge in [-0.1, -0.05) is 144 Å². The van der Waals surface area contributed by atoms with E-state index in [0.717, 1.165) is 51.4 Å². The highest BCUT2D eigenvalue weighted by atomic mass is 31.2. The second kappa shape index (κ2) is 38.8. The summed E-state index contributed by atoms with van der Waals surface area (Å²) >= 11 is 0. The number of carbonyl (C=O) groups excluding carboxylic acids is 2. The van der Waals surface area contributed by atoms with Gasteiger partial charge in [-0.25, -0.2) is 9.13 Å². The zero-order valence-corrected chi connectivity index (χ0v) is 41.9. The highest BCUT2D eigenvalue weighted by Gasteiger charge is 2.54. The van der Waals surface area contributed by atoms with Crippen LogP contribution in [-0.4, -0.2) is 114 Å². The van der Waals surface area contributed by atoms with Crippen molar-refractivity contribution >= 4 is 27.6 Å². The van der Waals surface area contributed by atoms with E-state index >= 15 is 0 Å². The number of unbranched alkanes of at least 4 members (excludes halogenated alkanes) is 9. The predicted molar refractivity (Wildman–Crippen MR) is 261 cm³/mol. The normalized spacial score (nSPS) is 22.4. The number of rotatable bonds is 39. The minimum Gasteiger partial charge on any atom is -0.462 e. The fourth-order valence-corrected chi connectivity index (χ4v) is 8.24. The summed E-state index contributed by atoms with van der Waals surface area (Å²) in [5, 5.41) is 51.1. The number of hydrogen-bond donors (Lipinski definition) is 8. The lowest BCUT2D eigenvalue weighted by molar-refractivity contribution is -0.216. The Morgan fingerprint density at radius 1 is 0.529 bits per heavy atom. The summed E-state index contributed by atoms with van der Waals surface area (Å²) in [6.07, 6.45) is 30.3. The lowest BCUT2D eigenvalue weighted by atomic mass is 9.85. The third kappa shape index (κ3) is 32.9. The number of phosphoric ester groups is 2. The molecule has 1 saturated carbocycles. The van der Waals surface area contributed by atoms with Gasteiger partial charge in [0.25, 0.3) is 0 Å². The van der Waals surface area contributed by atoms with Gasteiger partial charge in [0.2, 0.25) is 0 Å². The van der Waals surface area contributed by atoms with Crippen LogP contribution < -0.4 is 0 Å². The maximum Gasteiger partial charge on any atom is 0.472 e. The molecule has 0 spiro atoms. The molecule has 0 aromatic heterocycles. The minimum absolute atomic E-state index is 0.0248. The largest absolute Gasteiger partial charge is 0.472 e. The molecular weight excluding hydrogens is 922 g/mol. The molecule has 1 rings (SSSR count). The van der Waals surface area contributed by atoms with Gasteiger partial charge < -0.3 is 49.7 Å². The Balaban J connectivity index is 2.68. The molecule has 0 saturated heterocycles. The minimum atomic E-state index is -5.38. The molecule has 0 aromatic carbocycles. The number of carbonyl (C=O) groups is 2. The summed E-state index contributed by atoms with van der Waals surface area (Å²) in [4.78, 5) is 54.3. The van der Waals surface area contributed by atoms with Crippen molar-refractivity contribution in [1.29, 1.82) is 0 Å². The van der Waals surface area contributed by atoms with Gasteiger partial charge in [0, 0.05) is 12.8 Å². The third-order valence-corrected chi connectivity index (χ3v) is 12.0. The average molecular weight is 1010 g/mol. The maximum atomic E-state index is 13.0. The van der Waals surface area contributed by atoms with Crippen molar-refractivity contribution in [3.8, 4) is 0 Å². The molecule has 0 amide bonds. The van der Waals surface area contributed by atoms with Crippen LogP contribution in [0.3, 0.4) is 0 Å². The van der Waals surface area contributed by atoms with Crippen LogP contribution in [0.25, 0.3) is 0 Å². The van der Waals surface area contributed by atoms with Gasteiger partial charge in [-0.15, -0.1) is 0 Å². The smallest absolute Gasteiger partial charge is 0.462 e. The number of esters is 2. The maximum absolute atomic E-state index is 13.0. The molecule has 8 N–H and O–H groups in total. The molecule has 0 aliphatic heterocycles. The fraction of sp³-hybridized carbons (Fsp3) is 0.673. The zero-order chi connectivity index (χ0) is 50.5. The lowest BCUT2D eigenvalue weighted by Gasteiger charge is -2.43. The van der Waals surface area contributed by atoms with E-state index < -0.39 is 89.6 Å². The lowest BCUT2D eigenvalue weighted by Crippen LogP contribution is -2.64. The van der Waals surface area contributed by atoms with Crippen LogP contribution in [0.2, 0.25) is 0 Å². The fourth-order valence-electron chi connectivity index (χ4n) is 6.70. The first-order valence-electron chi connectivity index (χ1n) is 24.2. The van der Waals surface area contributed by atoms with E-state index in [1.165, 1.54) is 38.5 Å². The highest BCUT2D eigenvalue weighted by molar-refractivity contribution is 7.47. The van der Waals surface area contributed by atoms with Crippen molar-refractivity contribution in [2.45, 2.75) is 198 Å². The van der Waals surface area contributed by atoms with Crippen molar-refractivity contribution in [2.24, 2.45) is 0 Å². The number of ether oxygens (including phenoxy) is 2. The highest BCUT2D eigenvalue weighted by Crippen LogP contribution is 2.49. The molecule has 390 valence electrons. The topological polar surface area (TPSA) is 276 Å². The first-order chi connectivity index (χ1) is 32.5. The molecule has 0 bridgehead atoms. The van der Waals surface area contributed by atoms with Crippen LogP contribution in [0.5, 0.6) is 0 Å². The van der Waals surface area contributed by atoms with Crippen molar-refractivity contribution < 1.29 is 82.0 Å². The summed E-state index contributed by atoms with van der Waals surface area (Å²) in [5.74, 6) is -1.36. The van der Waals surface area contributed by atoms with Gasteiger partial charge in [0.05, 0.1) is 12.7 Å². The Morgan fingerprint density at radius 2 is 0.985 bits per heavy atom. The molecule has 68 heavy (non-hydrogen) atoms. The van der Waals surface area contributed by atoms with Crippen LogP contribution in [0.4, 0.5) is 0 Å². The molecule has 19 heteroatoms. The van der Waals surface area contributed by atoms with E-state index in [2.05, 4.69) is 42.7 Å². The quantitative estimate of drug-likeness (QED) is 0.0124. The Labute approximate surface area is 404 Å². The van der Waals surface area contributed by atoms with E-state index in [1.807, 2.05) is 60.8 Å². The Kier molecular flexibility index (Phi) is 36.1. The number of aliphatic hydroxyl groups is 5. The Bertz CT molecular complexity index is 1650. The van der Waals surface area contributed by atoms with Gasteiger partial charge in [-0.3, -0.25) is 23.2 Å². The zero-order valence-electron chi connectivity index (χ0n) is 40.1. The van der Waals surface area contributed by atoms with Gasteiger partial charge in [0.15, 0.2) is 6.10 Å². The van der Waals surface area contributed by atoms with Gasteiger partial charge in [-0.2, -0.15) is 0 Å². The number of allylic oxidation sites excluding steroid dienone is 13. The summed E-state index contributed by atoms with van der Waals surface area (Å²) in [7, 11) is -10.7. The molecule has 0 aromatic rings. The third-order valence-electron chi connectivity index (χ3n) is 10.5. The standard InChI is InChI=1S/C49H82O17P2/c1-3-5-7-8-9-10-11-12-13-14-15-16-20-23-26-29-32-36-42(51)62-38-41(39-63-68(60,61)66-49-46(55)44(53)45(54)48(47(49)56)65-67(57,58)59)64-43(52)37-33-30-27-24-21-18-17-19-22-25-28-31-35-40(50)34-6-4-2/h12-13,15-18,22-27,31,35,40-41,44-50,53-56H,3-11,14,19-21,28-30,32-34,36-39H2,1-2H3,(H,60,61)(H2,57,58,59)/b13-12-,16-15-,18-17-,25-22-,26-23-,27-24-,35-31-/t40-,41-,44?,45?,46?,47?,48-,49+/m1/s1. The predicted octanol–water partition coefficient (Wildman–Crippen LogP) is 8.36. The van der Waals surface area contributed by atoms with Crippen LogP contribution >= 0.6 is 15.6 Å². The van der Waals surface area contributed by atoms with Crippen molar-refractivity contribution in [3.63, 3.8) is 0 Å². The molecule has 5 unspecified atom stereocenters. The summed E-state index contributed by atoms with van der Waals surface area (Å²) in [5.41, 5.74) is 0. The van der Waals surface area contributed by atoms with E-state index in [-0.39, 0.29) is 12.8 Å². The Morgan fingerprint density at radius 3 is 1.51 bits per heavy atom. The first-order valence-corrected chi connectivity index (χ1v) is 27.3. The molecule has 0 heterocycles. The number of aliphatic hydroxyl groups excluding tert-OH is 5. The Hall–Kier alpha value is -2.86. The SMILES string of the molecule is CCCCCCCC/C=C\C/C=C\C/C=C\CCCC(=O)OC[C@H](COP(=O)(O)O[C@H]1C(O)C(O)C(O)[C@@H](OP(=O)(O)O)C1O)OC(=O)CCC/C=C\C/C=C\C/C=C\C/C=C\[C@H](O)CCCC. The summed E-state index contributed by atoms with van der Waals surface area (Å²) in [6.45, 7) is 2.85. The van der Waals surface area contributed by atoms with Gasteiger partial charge in [-0.05, 0) is 77.0 Å². The van der Waals surface area contributed by atoms with Crippen molar-refractivity contribution in [2.75, 3.05) is 13.2 Å². The van der Waals surface area contributed by atoms with E-state index in [1.54, 1.807) is 0 Å². The summed E-state index contributed by atoms with van der Waals surface area (Å²) < 4.78 is 49.2. The second-order valence-electron chi connectivity index (χ2n) is 16.6. The molecule has 1 aliphatic carbocycles. The summed E-state index contributed by atoms with van der Waals surface area (Å²) in [6, 6.07) is 0. The van der Waals surface area contributed by atoms with Crippen molar-refractivity contribution in [1.82, 2.24) is 0 Å². The van der Waals surface area contributed by atoms with Crippen molar-refractivity contribution in [3.05, 3.63) is 85.1 Å². The second-order valence-corrected chi connectivity index (χ2v) is 19.2. The molecule has 17 nitrogen and oxygen atoms in total. The molecule has 0 radical (unpaired) electrons. The van der Waals surface area contributed by atoms with E-state index in [9.17, 15) is 58.9 Å². The van der Waals surface area contributed by atoms with Gasteiger partial charge >= 0.3 is 27.6 Å². The first kappa shape index (κ1) is 63.2. The van der Waals surface area contributed by atoms with Crippen LogP contribution in [0.1, 0.15) is 149 Å². The van der Waals surface area contributed by atoms with E-state index in [4.69, 9.17) is 18.5 Å². The average Bonchev–Trinajstić information content (AvgIpc) is 3.29. The molecule has 1 aliphatic rings. The molecular formula is C49H82O17P2. The number of hydrogen-bond acceptors (Lipinski definition) is 14.